The van der Waals surface area contributed by atoms with Gasteiger partial charge in [0.25, 0.3) is 15.9 Å². The highest BCUT2D eigenvalue weighted by Gasteiger charge is 2.20. The fourth-order valence-electron chi connectivity index (χ4n) is 2.30. The molecule has 25 heavy (non-hydrogen) atoms. The van der Waals surface area contributed by atoms with Crippen molar-refractivity contribution in [2.45, 2.75) is 31.8 Å². The number of anilines is 1. The molecule has 0 spiro atoms. The van der Waals surface area contributed by atoms with E-state index in [1.807, 2.05) is 13.0 Å². The number of amides is 1. The van der Waals surface area contributed by atoms with Crippen LogP contribution >= 0.6 is 0 Å². The van der Waals surface area contributed by atoms with Gasteiger partial charge in [-0.2, -0.15) is 0 Å². The Labute approximate surface area is 147 Å². The average Bonchev–Trinajstić information content (AvgIpc) is 2.55. The second-order valence-electron chi connectivity index (χ2n) is 5.98. The summed E-state index contributed by atoms with van der Waals surface area (Å²) in [6, 6.07) is 11.5. The van der Waals surface area contributed by atoms with Crippen molar-refractivity contribution in [3.8, 4) is 0 Å². The van der Waals surface area contributed by atoms with Gasteiger partial charge in [0, 0.05) is 6.54 Å². The molecule has 2 aromatic carbocycles. The van der Waals surface area contributed by atoms with Gasteiger partial charge in [0.2, 0.25) is 0 Å². The highest BCUT2D eigenvalue weighted by Crippen LogP contribution is 2.23. The molecule has 0 aromatic heterocycles. The highest BCUT2D eigenvalue weighted by molar-refractivity contribution is 7.92. The summed E-state index contributed by atoms with van der Waals surface area (Å²) >= 11 is 0. The zero-order valence-electron chi connectivity index (χ0n) is 14.4. The number of para-hydroxylation sites is 1. The minimum absolute atomic E-state index is 0.0803. The van der Waals surface area contributed by atoms with Gasteiger partial charge in [-0.3, -0.25) is 9.52 Å². The minimum Gasteiger partial charge on any atom is -0.392 e. The molecule has 3 N–H and O–H groups in total. The number of hydrogen-bond donors (Lipinski definition) is 3. The molecule has 0 saturated carbocycles. The summed E-state index contributed by atoms with van der Waals surface area (Å²) in [6.07, 6.45) is -0.692. The first-order valence-electron chi connectivity index (χ1n) is 7.86. The molecule has 7 heteroatoms. The molecule has 0 aliphatic rings. The van der Waals surface area contributed by atoms with Gasteiger partial charge in [-0.1, -0.05) is 24.3 Å². The number of carbonyl (C=O) groups excluding carboxylic acids is 1. The monoisotopic (exact) mass is 362 g/mol. The molecular weight excluding hydrogens is 340 g/mol. The van der Waals surface area contributed by atoms with Gasteiger partial charge in [0.05, 0.1) is 22.3 Å². The van der Waals surface area contributed by atoms with Gasteiger partial charge in [0.15, 0.2) is 0 Å². The summed E-state index contributed by atoms with van der Waals surface area (Å²) in [6.45, 7) is 5.16. The third-order valence-electron chi connectivity index (χ3n) is 3.61. The van der Waals surface area contributed by atoms with Crippen LogP contribution in [0.2, 0.25) is 0 Å². The van der Waals surface area contributed by atoms with Crippen molar-refractivity contribution in [3.63, 3.8) is 0 Å². The molecule has 1 atom stereocenters. The van der Waals surface area contributed by atoms with Gasteiger partial charge >= 0.3 is 0 Å². The zero-order chi connectivity index (χ0) is 18.6. The van der Waals surface area contributed by atoms with Crippen LogP contribution in [-0.2, 0) is 10.0 Å². The molecule has 6 nitrogen and oxygen atoms in total. The largest absolute Gasteiger partial charge is 0.392 e. The fraction of sp³-hybridized carbons (Fsp3) is 0.278. The van der Waals surface area contributed by atoms with Crippen LogP contribution < -0.4 is 10.0 Å². The number of aryl methyl sites for hydroxylation is 2. The van der Waals surface area contributed by atoms with E-state index in [1.165, 1.54) is 12.1 Å². The summed E-state index contributed by atoms with van der Waals surface area (Å²) in [4.78, 5) is 12.4. The molecule has 0 aliphatic heterocycles. The lowest BCUT2D eigenvalue weighted by Crippen LogP contribution is -2.31. The first-order valence-corrected chi connectivity index (χ1v) is 9.34. The maximum Gasteiger partial charge on any atom is 0.262 e. The van der Waals surface area contributed by atoms with Gasteiger partial charge < -0.3 is 10.4 Å². The number of hydrogen-bond acceptors (Lipinski definition) is 4. The number of aliphatic hydroxyl groups excluding tert-OH is 1. The lowest BCUT2D eigenvalue weighted by molar-refractivity contribution is 0.0925. The Bertz CT molecular complexity index is 876. The van der Waals surface area contributed by atoms with Crippen molar-refractivity contribution < 1.29 is 18.3 Å². The predicted molar refractivity (Wildman–Crippen MR) is 97.2 cm³/mol. The summed E-state index contributed by atoms with van der Waals surface area (Å²) in [7, 11) is -3.83. The second kappa shape index (κ2) is 7.67. The lowest BCUT2D eigenvalue weighted by atomic mass is 10.1. The van der Waals surface area contributed by atoms with Crippen LogP contribution in [0, 0.1) is 13.8 Å². The van der Waals surface area contributed by atoms with Crippen LogP contribution in [0.1, 0.15) is 28.4 Å². The van der Waals surface area contributed by atoms with Crippen molar-refractivity contribution in [2.24, 2.45) is 0 Å². The fourth-order valence-corrected chi connectivity index (χ4v) is 3.71. The highest BCUT2D eigenvalue weighted by atomic mass is 32.2. The van der Waals surface area contributed by atoms with Gasteiger partial charge in [0.1, 0.15) is 0 Å². The smallest absolute Gasteiger partial charge is 0.262 e. The maximum atomic E-state index is 12.7. The molecule has 2 rings (SSSR count). The third kappa shape index (κ3) is 4.80. The number of sulfonamides is 1. The van der Waals surface area contributed by atoms with E-state index in [0.29, 0.717) is 5.56 Å². The van der Waals surface area contributed by atoms with E-state index in [1.54, 1.807) is 38.1 Å². The molecule has 134 valence electrons. The van der Waals surface area contributed by atoms with E-state index < -0.39 is 22.0 Å². The van der Waals surface area contributed by atoms with Crippen LogP contribution in [0.25, 0.3) is 0 Å². The average molecular weight is 362 g/mol. The summed E-state index contributed by atoms with van der Waals surface area (Å²) in [5, 5.41) is 11.8. The molecule has 1 amide bonds. The number of carbonyl (C=O) groups is 1. The number of nitrogens with one attached hydrogen (secondary N) is 2. The second-order valence-corrected chi connectivity index (χ2v) is 7.63. The van der Waals surface area contributed by atoms with Crippen LogP contribution in [-0.4, -0.2) is 32.1 Å². The van der Waals surface area contributed by atoms with Crippen molar-refractivity contribution in [1.29, 1.82) is 0 Å². The SMILES string of the molecule is Cc1ccc(C)c(S(=O)(=O)Nc2ccccc2C(=O)NCC(C)O)c1. The third-order valence-corrected chi connectivity index (χ3v) is 5.11. The normalized spacial score (nSPS) is 12.5. The number of benzene rings is 2. The van der Waals surface area contributed by atoms with Crippen LogP contribution in [0.5, 0.6) is 0 Å². The van der Waals surface area contributed by atoms with Gasteiger partial charge in [-0.25, -0.2) is 8.42 Å². The Balaban J connectivity index is 2.34. The Hall–Kier alpha value is -2.38. The van der Waals surface area contributed by atoms with E-state index in [4.69, 9.17) is 0 Å². The Kier molecular flexibility index (Phi) is 5.81. The molecule has 0 fully saturated rings. The molecule has 1 unspecified atom stereocenters. The lowest BCUT2D eigenvalue weighted by Gasteiger charge is -2.14. The first kappa shape index (κ1) is 19.0. The summed E-state index contributed by atoms with van der Waals surface area (Å²) in [5.74, 6) is -0.458. The van der Waals surface area contributed by atoms with E-state index >= 15 is 0 Å². The molecular formula is C18H22N2O4S. The van der Waals surface area contributed by atoms with Crippen molar-refractivity contribution in [3.05, 3.63) is 59.2 Å². The molecule has 0 saturated heterocycles. The van der Waals surface area contributed by atoms with E-state index in [-0.39, 0.29) is 22.7 Å². The topological polar surface area (TPSA) is 95.5 Å². The van der Waals surface area contributed by atoms with Gasteiger partial charge in [-0.05, 0) is 50.1 Å². The zero-order valence-corrected chi connectivity index (χ0v) is 15.2. The Morgan fingerprint density at radius 1 is 1.16 bits per heavy atom. The van der Waals surface area contributed by atoms with Crippen molar-refractivity contribution in [2.75, 3.05) is 11.3 Å². The maximum absolute atomic E-state index is 12.7. The van der Waals surface area contributed by atoms with E-state index in [9.17, 15) is 18.3 Å². The standard InChI is InChI=1S/C18H22N2O4S/c1-12-8-9-13(2)17(10-12)25(23,24)20-16-7-5-4-6-15(16)18(22)19-11-14(3)21/h4-10,14,20-21H,11H2,1-3H3,(H,19,22). The van der Waals surface area contributed by atoms with Crippen LogP contribution in [0.4, 0.5) is 5.69 Å². The van der Waals surface area contributed by atoms with Crippen LogP contribution in [0.15, 0.2) is 47.4 Å². The molecule has 0 radical (unpaired) electrons. The number of aliphatic hydroxyl groups is 1. The van der Waals surface area contributed by atoms with Crippen molar-refractivity contribution >= 4 is 21.6 Å². The predicted octanol–water partition coefficient (Wildman–Crippen LogP) is 2.21. The molecule has 0 bridgehead atoms. The van der Waals surface area contributed by atoms with Gasteiger partial charge in [-0.15, -0.1) is 0 Å². The number of rotatable bonds is 6. The molecule has 2 aromatic rings. The van der Waals surface area contributed by atoms with E-state index in [2.05, 4.69) is 10.0 Å². The minimum atomic E-state index is -3.83. The first-order chi connectivity index (χ1) is 11.7. The van der Waals surface area contributed by atoms with E-state index in [0.717, 1.165) is 5.56 Å². The van der Waals surface area contributed by atoms with Crippen LogP contribution in [0.3, 0.4) is 0 Å². The molecule has 0 heterocycles. The summed E-state index contributed by atoms with van der Waals surface area (Å²) < 4.78 is 28.0. The molecule has 0 aliphatic carbocycles. The Morgan fingerprint density at radius 2 is 1.84 bits per heavy atom. The van der Waals surface area contributed by atoms with Crippen molar-refractivity contribution in [1.82, 2.24) is 5.32 Å². The Morgan fingerprint density at radius 3 is 2.52 bits per heavy atom. The summed E-state index contributed by atoms with van der Waals surface area (Å²) in [5.41, 5.74) is 1.83. The quantitative estimate of drug-likeness (QED) is 0.734.